The molecule has 1 fully saturated rings. The van der Waals surface area contributed by atoms with E-state index in [0.29, 0.717) is 12.1 Å². The van der Waals surface area contributed by atoms with E-state index in [4.69, 9.17) is 40.9 Å². The Morgan fingerprint density at radius 1 is 1.25 bits per heavy atom. The molecule has 2 aromatic rings. The number of phosphoric ester groups is 2. The molecule has 1 aliphatic heterocycles. The van der Waals surface area contributed by atoms with E-state index >= 15 is 0 Å². The minimum atomic E-state index is -4.90. The molecule has 19 nitrogen and oxygen atoms in total. The summed E-state index contributed by atoms with van der Waals surface area (Å²) in [6, 6.07) is -0.409. The number of hydrogen-bond donors (Lipinski definition) is 7. The SMILES string of the molecule is CC(CC[C@H](O)COP(=O)(O)OC1C[C@H](n2cnc3c(N)ncnc32)O[C@@H]1COP(=O)(O)O)C(/C=N\N)/N=C\N. The molecule has 3 rings (SSSR count). The summed E-state index contributed by atoms with van der Waals surface area (Å²) in [5.41, 5.74) is 11.7. The first-order valence-electron chi connectivity index (χ1n) is 11.9. The molecule has 2 aromatic heterocycles. The Bertz CT molecular complexity index is 1260. The summed E-state index contributed by atoms with van der Waals surface area (Å²) in [6.45, 7) is 0.626. The third-order valence-corrected chi connectivity index (χ3v) is 7.52. The highest BCUT2D eigenvalue weighted by molar-refractivity contribution is 7.47. The predicted octanol–water partition coefficient (Wildman–Crippen LogP) is -0.615. The number of hydrogen-bond acceptors (Lipinski definition) is 14. The number of aromatic nitrogens is 4. The van der Waals surface area contributed by atoms with Crippen molar-refractivity contribution in [2.24, 2.45) is 27.6 Å². The molecule has 10 N–H and O–H groups in total. The molecule has 7 atom stereocenters. The minimum Gasteiger partial charge on any atom is -0.391 e. The second-order valence-corrected chi connectivity index (χ2v) is 11.6. The Kier molecular flexibility index (Phi) is 11.1. The zero-order chi connectivity index (χ0) is 29.5. The normalized spacial score (nSPS) is 24.1. The van der Waals surface area contributed by atoms with Crippen LogP contribution in [0, 0.1) is 5.92 Å². The van der Waals surface area contributed by atoms with Gasteiger partial charge in [0.2, 0.25) is 0 Å². The quantitative estimate of drug-likeness (QED) is 0.0435. The van der Waals surface area contributed by atoms with Crippen LogP contribution in [0.4, 0.5) is 5.82 Å². The van der Waals surface area contributed by atoms with Crippen LogP contribution in [-0.2, 0) is 27.4 Å². The van der Waals surface area contributed by atoms with E-state index in [2.05, 4.69) is 29.6 Å². The molecule has 1 saturated heterocycles. The topological polar surface area (TPSA) is 298 Å². The average Bonchev–Trinajstić information content (AvgIpc) is 3.48. The van der Waals surface area contributed by atoms with Gasteiger partial charge in [-0.2, -0.15) is 5.10 Å². The van der Waals surface area contributed by atoms with Crippen LogP contribution in [0.15, 0.2) is 22.7 Å². The molecule has 0 saturated carbocycles. The molecule has 1 aliphatic rings. The minimum absolute atomic E-state index is 0.0791. The maximum Gasteiger partial charge on any atom is 0.472 e. The summed E-state index contributed by atoms with van der Waals surface area (Å²) < 4.78 is 46.1. The Hall–Kier alpha value is -2.57. The molecule has 40 heavy (non-hydrogen) atoms. The van der Waals surface area contributed by atoms with Gasteiger partial charge in [-0.3, -0.25) is 23.1 Å². The van der Waals surface area contributed by atoms with Crippen molar-refractivity contribution in [2.45, 2.75) is 56.8 Å². The van der Waals surface area contributed by atoms with Crippen molar-refractivity contribution < 1.29 is 47.2 Å². The molecule has 4 unspecified atom stereocenters. The van der Waals surface area contributed by atoms with Gasteiger partial charge in [0, 0.05) is 12.6 Å². The van der Waals surface area contributed by atoms with Gasteiger partial charge < -0.3 is 41.8 Å². The lowest BCUT2D eigenvalue weighted by atomic mass is 9.96. The van der Waals surface area contributed by atoms with Crippen LogP contribution in [0.1, 0.15) is 32.4 Å². The monoisotopic (exact) mass is 609 g/mol. The van der Waals surface area contributed by atoms with Crippen LogP contribution in [0.3, 0.4) is 0 Å². The number of fused-ring (bicyclic) bond motifs is 1. The molecule has 0 spiro atoms. The van der Waals surface area contributed by atoms with Crippen LogP contribution in [-0.4, -0.2) is 89.4 Å². The number of hydrazone groups is 1. The lowest BCUT2D eigenvalue weighted by Crippen LogP contribution is -2.29. The van der Waals surface area contributed by atoms with Crippen molar-refractivity contribution in [2.75, 3.05) is 18.9 Å². The number of aliphatic imine (C=N–C) groups is 1. The van der Waals surface area contributed by atoms with Crippen LogP contribution in [0.25, 0.3) is 11.2 Å². The molecule has 0 radical (unpaired) electrons. The van der Waals surface area contributed by atoms with Crippen molar-refractivity contribution in [3.05, 3.63) is 12.7 Å². The van der Waals surface area contributed by atoms with Gasteiger partial charge in [0.05, 0.1) is 38.0 Å². The number of rotatable bonds is 15. The zero-order valence-electron chi connectivity index (χ0n) is 21.4. The van der Waals surface area contributed by atoms with E-state index in [1.807, 2.05) is 6.92 Å². The second-order valence-electron chi connectivity index (χ2n) is 8.94. The lowest BCUT2D eigenvalue weighted by molar-refractivity contribution is -0.0441. The fourth-order valence-electron chi connectivity index (χ4n) is 3.99. The second kappa shape index (κ2) is 13.9. The molecule has 3 heterocycles. The largest absolute Gasteiger partial charge is 0.472 e. The van der Waals surface area contributed by atoms with Crippen LogP contribution in [0.5, 0.6) is 0 Å². The standard InChI is InChI=1S/C19H33N9O10P2/c1-11(13(5-27-22)23-8-20)2-3-12(29)6-36-40(33,34)38-14-4-16(37-15(14)7-35-39(30,31)32)28-10-26-17-18(21)24-9-25-19(17)28/h5,8-16,29H,2-4,6-7,22H2,1H3,(H2,20,23)(H,33,34)(H2,21,24,25)(H2,30,31,32)/b27-5-/t11?,12-,13?,14?,15+,16+/m0/s1. The van der Waals surface area contributed by atoms with Crippen molar-refractivity contribution >= 4 is 45.2 Å². The van der Waals surface area contributed by atoms with E-state index in [-0.39, 0.29) is 30.1 Å². The van der Waals surface area contributed by atoms with E-state index in [1.54, 1.807) is 0 Å². The Morgan fingerprint density at radius 2 is 2.00 bits per heavy atom. The third kappa shape index (κ3) is 8.97. The number of nitrogens with two attached hydrogens (primary N) is 3. The highest BCUT2D eigenvalue weighted by Crippen LogP contribution is 2.49. The number of anilines is 1. The summed E-state index contributed by atoms with van der Waals surface area (Å²) in [5.74, 6) is 5.18. The molecule has 0 aromatic carbocycles. The van der Waals surface area contributed by atoms with E-state index in [1.165, 1.54) is 23.4 Å². The molecular weight excluding hydrogens is 576 g/mol. The molecule has 0 amide bonds. The third-order valence-electron chi connectivity index (χ3n) is 6.02. The highest BCUT2D eigenvalue weighted by Gasteiger charge is 2.43. The average molecular weight is 609 g/mol. The summed E-state index contributed by atoms with van der Waals surface area (Å²) in [6.07, 6.45) is 1.20. The van der Waals surface area contributed by atoms with Gasteiger partial charge in [0.25, 0.3) is 0 Å². The molecule has 21 heteroatoms. The summed E-state index contributed by atoms with van der Waals surface area (Å²) >= 11 is 0. The van der Waals surface area contributed by atoms with Gasteiger partial charge in [0.1, 0.15) is 30.3 Å². The zero-order valence-corrected chi connectivity index (χ0v) is 23.1. The fraction of sp³-hybridized carbons (Fsp3) is 0.632. The number of imidazole rings is 1. The molecule has 0 bridgehead atoms. The summed E-state index contributed by atoms with van der Waals surface area (Å²) in [7, 11) is -9.68. The first-order chi connectivity index (χ1) is 18.8. The first kappa shape index (κ1) is 32.0. The van der Waals surface area contributed by atoms with Gasteiger partial charge in [-0.05, 0) is 18.8 Å². The van der Waals surface area contributed by atoms with Crippen LogP contribution < -0.4 is 17.3 Å². The number of nitrogen functional groups attached to an aromatic ring is 1. The molecule has 224 valence electrons. The van der Waals surface area contributed by atoms with Crippen molar-refractivity contribution in [3.8, 4) is 0 Å². The molecular formula is C19H33N9O10P2. The van der Waals surface area contributed by atoms with Crippen LogP contribution >= 0.6 is 15.6 Å². The van der Waals surface area contributed by atoms with Crippen LogP contribution in [0.2, 0.25) is 0 Å². The van der Waals surface area contributed by atoms with Gasteiger partial charge in [-0.15, -0.1) is 0 Å². The van der Waals surface area contributed by atoms with Gasteiger partial charge >= 0.3 is 15.6 Å². The Labute approximate surface area is 228 Å². The Balaban J connectivity index is 1.63. The number of aliphatic hydroxyl groups excluding tert-OH is 1. The summed E-state index contributed by atoms with van der Waals surface area (Å²) in [4.78, 5) is 44.7. The van der Waals surface area contributed by atoms with Crippen molar-refractivity contribution in [3.63, 3.8) is 0 Å². The van der Waals surface area contributed by atoms with Crippen molar-refractivity contribution in [1.29, 1.82) is 0 Å². The maximum atomic E-state index is 12.7. The van der Waals surface area contributed by atoms with E-state index in [0.717, 1.165) is 6.34 Å². The number of phosphoric acid groups is 2. The van der Waals surface area contributed by atoms with Crippen molar-refractivity contribution in [1.82, 2.24) is 19.5 Å². The molecule has 0 aliphatic carbocycles. The smallest absolute Gasteiger partial charge is 0.391 e. The summed E-state index contributed by atoms with van der Waals surface area (Å²) in [5, 5.41) is 13.7. The Morgan fingerprint density at radius 3 is 2.67 bits per heavy atom. The van der Waals surface area contributed by atoms with E-state index < -0.39 is 59.4 Å². The van der Waals surface area contributed by atoms with Gasteiger partial charge in [-0.25, -0.2) is 24.1 Å². The fourth-order valence-corrected chi connectivity index (χ4v) is 5.32. The van der Waals surface area contributed by atoms with Gasteiger partial charge in [-0.1, -0.05) is 6.92 Å². The van der Waals surface area contributed by atoms with E-state index in [9.17, 15) is 19.1 Å². The number of ether oxygens (including phenoxy) is 1. The van der Waals surface area contributed by atoms with Gasteiger partial charge in [0.15, 0.2) is 11.5 Å². The number of nitrogens with zero attached hydrogens (tertiary/aromatic N) is 6. The lowest BCUT2D eigenvalue weighted by Gasteiger charge is -2.22. The number of aliphatic hydroxyl groups is 1. The highest BCUT2D eigenvalue weighted by atomic mass is 31.2. The maximum absolute atomic E-state index is 12.7. The predicted molar refractivity (Wildman–Crippen MR) is 140 cm³/mol. The first-order valence-corrected chi connectivity index (χ1v) is 14.9.